The lowest BCUT2D eigenvalue weighted by Gasteiger charge is -2.39. The second-order valence-corrected chi connectivity index (χ2v) is 40.9. The molecule has 8 heterocycles. The third-order valence-electron chi connectivity index (χ3n) is 26.9. The number of nitro groups is 2. The summed E-state index contributed by atoms with van der Waals surface area (Å²) < 4.78 is 84.8. The molecular weight excluding hydrogens is 1680 g/mol. The predicted octanol–water partition coefficient (Wildman–Crippen LogP) is 19.9. The van der Waals surface area contributed by atoms with Crippen molar-refractivity contribution in [2.45, 2.75) is 153 Å². The molecule has 6 aromatic carbocycles. The van der Waals surface area contributed by atoms with Crippen molar-refractivity contribution in [1.29, 1.82) is 0 Å². The van der Waals surface area contributed by atoms with Gasteiger partial charge < -0.3 is 38.7 Å². The summed E-state index contributed by atoms with van der Waals surface area (Å²) >= 11 is 12.5. The van der Waals surface area contributed by atoms with Crippen LogP contribution in [-0.4, -0.2) is 147 Å². The van der Waals surface area contributed by atoms with Gasteiger partial charge in [-0.15, -0.1) is 0 Å². The Kier molecular flexibility index (Phi) is 25.5. The minimum Gasteiger partial charge on any atom is -0.493 e. The van der Waals surface area contributed by atoms with Crippen molar-refractivity contribution in [1.82, 2.24) is 39.2 Å². The van der Waals surface area contributed by atoms with E-state index in [1.807, 2.05) is 36.4 Å². The number of nitrogens with one attached hydrogen (secondary N) is 4. The fourth-order valence-electron chi connectivity index (χ4n) is 20.0. The fraction of sp³-hybridized carbons (Fsp3) is 0.417. The number of carbonyl (C=O) groups excluding carboxylic acids is 2. The molecule has 4 fully saturated rings. The standard InChI is InChI=1S/2C48H53ClN6O7S/c2*1-48(2)16-14-40(32-8-10-36(49)11-9-32)35(27-48)29-53-18-20-54(21-19-53)37-12-13-41(45(24-37)62-38-22-33-15-17-50-46(33)51-28-38)47(56)52-63(59,60)39-25-43(55(57)58)42-23-34(30-61-44(42)26-39)31-6-4-3-5-7-31/h2*8-13,15,17,22,24-26,28,31,34H,3-7,14,16,18-21,23,27,29-30H2,1-2H3,(H,50,51)(H,52,56)/t2*34-/m10/s1. The number of allylic oxidation sites excluding steroid dienone is 2. The Morgan fingerprint density at radius 1 is 0.508 bits per heavy atom. The molecule has 4 N–H and O–H groups in total. The van der Waals surface area contributed by atoms with Gasteiger partial charge in [0.15, 0.2) is 0 Å². The maximum absolute atomic E-state index is 14.1. The number of carbonyl (C=O) groups is 2. The number of hydrogen-bond donors (Lipinski definition) is 4. The molecule has 4 aromatic heterocycles. The van der Waals surface area contributed by atoms with Crippen LogP contribution in [0.1, 0.15) is 173 Å². The molecule has 2 saturated heterocycles. The molecule has 0 unspecified atom stereocenters. The molecule has 0 spiro atoms. The smallest absolute Gasteiger partial charge is 0.277 e. The maximum Gasteiger partial charge on any atom is 0.277 e. The van der Waals surface area contributed by atoms with Crippen LogP contribution < -0.4 is 38.2 Å². The number of hydrogen-bond acceptors (Lipinski definition) is 20. The number of pyridine rings is 2. The number of rotatable bonds is 22. The quantitative estimate of drug-likeness (QED) is 0.0362. The normalized spacial score (nSPS) is 19.7. The lowest BCUT2D eigenvalue weighted by atomic mass is 9.72. The first-order chi connectivity index (χ1) is 60.6. The van der Waals surface area contributed by atoms with Crippen LogP contribution in [0, 0.1) is 54.7 Å². The van der Waals surface area contributed by atoms with Gasteiger partial charge >= 0.3 is 0 Å². The Labute approximate surface area is 744 Å². The third-order valence-corrected chi connectivity index (χ3v) is 30.0. The second-order valence-electron chi connectivity index (χ2n) is 36.7. The van der Waals surface area contributed by atoms with Crippen LogP contribution in [0.4, 0.5) is 22.7 Å². The minimum absolute atomic E-state index is 0.0317. The predicted molar refractivity (Wildman–Crippen MR) is 489 cm³/mol. The molecule has 660 valence electrons. The van der Waals surface area contributed by atoms with E-state index in [9.17, 15) is 46.7 Å². The summed E-state index contributed by atoms with van der Waals surface area (Å²) in [5.74, 6) is 0.471. The number of fused-ring (bicyclic) bond motifs is 4. The van der Waals surface area contributed by atoms with Gasteiger partial charge in [0.2, 0.25) is 0 Å². The zero-order valence-electron chi connectivity index (χ0n) is 71.4. The number of nitrogens with zero attached hydrogens (tertiary/aromatic N) is 8. The average Bonchev–Trinajstić information content (AvgIpc) is 0.882. The molecule has 4 aliphatic carbocycles. The molecule has 0 radical (unpaired) electrons. The highest BCUT2D eigenvalue weighted by atomic mass is 35.5. The summed E-state index contributed by atoms with van der Waals surface area (Å²) in [7, 11) is -9.21. The molecule has 8 aliphatic rings. The number of ether oxygens (including phenoxy) is 4. The van der Waals surface area contributed by atoms with Crippen molar-refractivity contribution in [2.24, 2.45) is 34.5 Å². The summed E-state index contributed by atoms with van der Waals surface area (Å²) in [6.45, 7) is 18.0. The zero-order valence-corrected chi connectivity index (χ0v) is 74.5. The highest BCUT2D eigenvalue weighted by Crippen LogP contribution is 2.49. The maximum atomic E-state index is 14.1. The van der Waals surface area contributed by atoms with Crippen LogP contribution >= 0.6 is 23.2 Å². The van der Waals surface area contributed by atoms with E-state index in [2.05, 4.69) is 101 Å². The number of halogens is 2. The summed E-state index contributed by atoms with van der Waals surface area (Å²) in [6, 6.07) is 38.5. The van der Waals surface area contributed by atoms with E-state index in [1.165, 1.54) is 70.8 Å². The third kappa shape index (κ3) is 19.9. The molecule has 4 aliphatic heterocycles. The molecule has 0 bridgehead atoms. The van der Waals surface area contributed by atoms with Gasteiger partial charge in [-0.3, -0.25) is 39.6 Å². The number of sulfonamides is 2. The topological polar surface area (TPSA) is 320 Å². The van der Waals surface area contributed by atoms with Gasteiger partial charge in [0.25, 0.3) is 43.2 Å². The van der Waals surface area contributed by atoms with Crippen molar-refractivity contribution < 1.29 is 55.2 Å². The Morgan fingerprint density at radius 2 is 0.897 bits per heavy atom. The molecule has 2 saturated carbocycles. The summed E-state index contributed by atoms with van der Waals surface area (Å²) in [5.41, 5.74) is 11.7. The van der Waals surface area contributed by atoms with E-state index in [0.717, 1.165) is 200 Å². The first-order valence-corrected chi connectivity index (χ1v) is 47.7. The molecular formula is C96H106Cl2N12O14S2. The summed E-state index contributed by atoms with van der Waals surface area (Å²) in [4.78, 5) is 75.3. The molecule has 126 heavy (non-hydrogen) atoms. The number of aromatic amines is 2. The average molecular weight is 1790 g/mol. The molecule has 26 nitrogen and oxygen atoms in total. The Bertz CT molecular complexity index is 5740. The van der Waals surface area contributed by atoms with Crippen molar-refractivity contribution in [3.8, 4) is 34.5 Å². The lowest BCUT2D eigenvalue weighted by Crippen LogP contribution is -2.47. The summed E-state index contributed by atoms with van der Waals surface area (Å²) in [6.07, 6.45) is 25.0. The monoisotopic (exact) mass is 1780 g/mol. The Balaban J connectivity index is 0.000000178. The van der Waals surface area contributed by atoms with Crippen LogP contribution in [0.25, 0.3) is 33.2 Å². The number of nitro benzene ring substituents is 2. The van der Waals surface area contributed by atoms with Gasteiger partial charge in [-0.05, 0) is 169 Å². The number of anilines is 2. The number of amides is 2. The van der Waals surface area contributed by atoms with Crippen molar-refractivity contribution >= 4 is 111 Å². The molecule has 30 heteroatoms. The van der Waals surface area contributed by atoms with Crippen molar-refractivity contribution in [2.75, 3.05) is 88.5 Å². The van der Waals surface area contributed by atoms with E-state index >= 15 is 0 Å². The first kappa shape index (κ1) is 87.2. The number of piperazine rings is 2. The van der Waals surface area contributed by atoms with Gasteiger partial charge in [0.05, 0.1) is 67.5 Å². The largest absolute Gasteiger partial charge is 0.493 e. The Morgan fingerprint density at radius 3 is 1.28 bits per heavy atom. The van der Waals surface area contributed by atoms with Crippen LogP contribution in [-0.2, 0) is 32.9 Å². The van der Waals surface area contributed by atoms with Crippen LogP contribution in [0.2, 0.25) is 10.0 Å². The van der Waals surface area contributed by atoms with Gasteiger partial charge in [-0.25, -0.2) is 36.2 Å². The van der Waals surface area contributed by atoms with Crippen molar-refractivity contribution in [3.63, 3.8) is 0 Å². The first-order valence-electron chi connectivity index (χ1n) is 44.0. The highest BCUT2D eigenvalue weighted by Gasteiger charge is 2.40. The fourth-order valence-corrected chi connectivity index (χ4v) is 22.3. The molecule has 10 aromatic rings. The van der Waals surface area contributed by atoms with E-state index in [1.54, 1.807) is 60.9 Å². The SMILES string of the molecule is CC1(C)CCC(c2ccc(Cl)cc2)=C(CN2CCN(c3ccc(C(=O)NS(=O)(=O)c4cc5c(c([N+](=O)[O-])c4)C[C@@H](C4CCCCC4)CO5)c(Oc4cnc5[nH]ccc5c4)c3)CC2)C1.CC1(C)CCC(c2ccc(Cl)cc2)=C(CN2CCN(c3ccc(C(=O)NS(=O)(=O)c4cc5c(c([N+](=O)[O-])c4)C[C@H](C4CCCCC4)CO5)c(Oc4cnc5[nH]ccc5c4)c3)CC2)C1. The summed E-state index contributed by atoms with van der Waals surface area (Å²) in [5, 5.41) is 27.8. The molecule has 18 rings (SSSR count). The van der Waals surface area contributed by atoms with E-state index in [4.69, 9.17) is 42.1 Å². The van der Waals surface area contributed by atoms with E-state index in [-0.39, 0.29) is 68.2 Å². The number of benzene rings is 6. The second kappa shape index (κ2) is 36.8. The van der Waals surface area contributed by atoms with E-state index in [0.29, 0.717) is 71.8 Å². The highest BCUT2D eigenvalue weighted by molar-refractivity contribution is 7.90. The zero-order chi connectivity index (χ0) is 87.8. The van der Waals surface area contributed by atoms with Gasteiger partial charge in [-0.1, -0.05) is 151 Å². The number of H-pyrrole nitrogens is 2. The van der Waals surface area contributed by atoms with E-state index < -0.39 is 51.5 Å². The van der Waals surface area contributed by atoms with Crippen LogP contribution in [0.3, 0.4) is 0 Å². The molecule has 2 amide bonds. The van der Waals surface area contributed by atoms with Gasteiger partial charge in [0, 0.05) is 158 Å². The van der Waals surface area contributed by atoms with Gasteiger partial charge in [0.1, 0.15) is 45.8 Å². The van der Waals surface area contributed by atoms with Crippen LogP contribution in [0.5, 0.6) is 34.5 Å². The van der Waals surface area contributed by atoms with Gasteiger partial charge in [-0.2, -0.15) is 0 Å². The Hall–Kier alpha value is -10.9. The minimum atomic E-state index is -4.60. The molecule has 2 atom stereocenters. The number of aromatic nitrogens is 4. The lowest BCUT2D eigenvalue weighted by molar-refractivity contribution is -0.386. The van der Waals surface area contributed by atoms with Crippen molar-refractivity contribution in [3.05, 3.63) is 233 Å². The van der Waals surface area contributed by atoms with Crippen LogP contribution in [0.15, 0.2) is 179 Å².